The Morgan fingerprint density at radius 2 is 1.17 bits per heavy atom. The maximum atomic E-state index is 11.8. The average Bonchev–Trinajstić information content (AvgIpc) is 2.61. The van der Waals surface area contributed by atoms with Crippen LogP contribution in [-0.2, 0) is 0 Å². The fraction of sp³-hybridized carbons (Fsp3) is 0.118. The van der Waals surface area contributed by atoms with Gasteiger partial charge in [-0.25, -0.2) is 0 Å². The molecule has 0 aliphatic carbocycles. The molecule has 24 heavy (non-hydrogen) atoms. The third-order valence-electron chi connectivity index (χ3n) is 3.22. The second kappa shape index (κ2) is 8.47. The van der Waals surface area contributed by atoms with Crippen molar-refractivity contribution in [2.45, 2.75) is 0 Å². The topological polar surface area (TPSA) is 82.1 Å². The van der Waals surface area contributed by atoms with Gasteiger partial charge in [0.15, 0.2) is 17.5 Å². The van der Waals surface area contributed by atoms with E-state index in [1.165, 1.54) is 0 Å². The lowest BCUT2D eigenvalue weighted by molar-refractivity contribution is 0.101. The van der Waals surface area contributed by atoms with Crippen molar-refractivity contribution in [2.75, 3.05) is 22.4 Å². The van der Waals surface area contributed by atoms with Gasteiger partial charge in [0.1, 0.15) is 0 Å². The van der Waals surface area contributed by atoms with Crippen molar-refractivity contribution in [1.82, 2.24) is 0 Å². The molecule has 2 rings (SSSR count). The van der Waals surface area contributed by atoms with Crippen molar-refractivity contribution in [3.8, 4) is 0 Å². The van der Waals surface area contributed by atoms with Crippen LogP contribution >= 0.6 is 23.2 Å². The molecule has 124 valence electrons. The van der Waals surface area contributed by atoms with Crippen molar-refractivity contribution in [1.29, 1.82) is 5.41 Å². The smallest absolute Gasteiger partial charge is 0.197 e. The molecule has 3 N–H and O–H groups in total. The van der Waals surface area contributed by atoms with Crippen molar-refractivity contribution >= 4 is 52.1 Å². The number of benzene rings is 2. The minimum absolute atomic E-state index is 0.0837. The van der Waals surface area contributed by atoms with E-state index in [0.29, 0.717) is 22.5 Å². The summed E-state index contributed by atoms with van der Waals surface area (Å²) < 4.78 is 0. The second-order valence-corrected chi connectivity index (χ2v) is 5.36. The first kappa shape index (κ1) is 18.0. The van der Waals surface area contributed by atoms with Gasteiger partial charge in [-0.1, -0.05) is 24.3 Å². The van der Waals surface area contributed by atoms with E-state index in [-0.39, 0.29) is 29.3 Å². The zero-order valence-electron chi connectivity index (χ0n) is 12.6. The Hall–Kier alpha value is -2.37. The lowest BCUT2D eigenvalue weighted by atomic mass is 10.1. The predicted molar refractivity (Wildman–Crippen MR) is 98.0 cm³/mol. The molecule has 0 fully saturated rings. The van der Waals surface area contributed by atoms with Gasteiger partial charge in [0.2, 0.25) is 0 Å². The highest BCUT2D eigenvalue weighted by atomic mass is 35.5. The van der Waals surface area contributed by atoms with Gasteiger partial charge in [0.25, 0.3) is 0 Å². The number of Topliss-reactive ketones (excluding diaryl/α,β-unsaturated/α-hetero) is 2. The molecule has 0 spiro atoms. The zero-order chi connectivity index (χ0) is 17.5. The van der Waals surface area contributed by atoms with Crippen molar-refractivity contribution in [3.05, 3.63) is 59.7 Å². The minimum Gasteiger partial charge on any atom is -0.326 e. The molecule has 0 atom stereocenters. The molecule has 0 aliphatic heterocycles. The van der Waals surface area contributed by atoms with Gasteiger partial charge < -0.3 is 10.6 Å². The van der Waals surface area contributed by atoms with Crippen LogP contribution in [0.4, 0.5) is 11.4 Å². The van der Waals surface area contributed by atoms with Gasteiger partial charge in [-0.3, -0.25) is 15.0 Å². The van der Waals surface area contributed by atoms with E-state index in [2.05, 4.69) is 10.6 Å². The third kappa shape index (κ3) is 4.34. The monoisotopic (exact) mass is 363 g/mol. The molecule has 2 aromatic rings. The number of para-hydroxylation sites is 2. The van der Waals surface area contributed by atoms with E-state index in [9.17, 15) is 9.59 Å². The standard InChI is InChI=1S/C17H15Cl2N3O2/c18-9-15(23)11-5-1-3-7-13(11)21-17(20)22-14-8-4-2-6-12(14)16(24)10-19/h1-8H,9-10H2,(H3,20,21,22). The molecule has 0 aromatic heterocycles. The molecular weight excluding hydrogens is 349 g/mol. The van der Waals surface area contributed by atoms with Gasteiger partial charge in [-0.15, -0.1) is 23.2 Å². The normalized spacial score (nSPS) is 10.1. The van der Waals surface area contributed by atoms with E-state index in [1.807, 2.05) is 0 Å². The first-order valence-corrected chi connectivity index (χ1v) is 8.12. The van der Waals surface area contributed by atoms with E-state index < -0.39 is 0 Å². The predicted octanol–water partition coefficient (Wildman–Crippen LogP) is 3.99. The molecule has 2 aromatic carbocycles. The second-order valence-electron chi connectivity index (χ2n) is 4.83. The van der Waals surface area contributed by atoms with E-state index >= 15 is 0 Å². The molecule has 0 radical (unpaired) electrons. The minimum atomic E-state index is -0.245. The summed E-state index contributed by atoms with van der Waals surface area (Å²) >= 11 is 11.2. The fourth-order valence-electron chi connectivity index (χ4n) is 2.12. The van der Waals surface area contributed by atoms with Crippen LogP contribution in [0.3, 0.4) is 0 Å². The molecule has 0 amide bonds. The number of ketones is 2. The summed E-state index contributed by atoms with van der Waals surface area (Å²) in [7, 11) is 0. The van der Waals surface area contributed by atoms with Crippen LogP contribution in [0.25, 0.3) is 0 Å². The highest BCUT2D eigenvalue weighted by Gasteiger charge is 2.13. The number of alkyl halides is 2. The lowest BCUT2D eigenvalue weighted by Gasteiger charge is -2.14. The van der Waals surface area contributed by atoms with Crippen LogP contribution in [0.1, 0.15) is 20.7 Å². The van der Waals surface area contributed by atoms with Gasteiger partial charge in [-0.2, -0.15) is 0 Å². The molecule has 0 saturated carbocycles. The van der Waals surface area contributed by atoms with Crippen LogP contribution in [0.5, 0.6) is 0 Å². The highest BCUT2D eigenvalue weighted by molar-refractivity contribution is 6.32. The molecular formula is C17H15Cl2N3O2. The summed E-state index contributed by atoms with van der Waals surface area (Å²) in [6.07, 6.45) is 0. The lowest BCUT2D eigenvalue weighted by Crippen LogP contribution is -2.23. The Kier molecular flexibility index (Phi) is 6.35. The van der Waals surface area contributed by atoms with Crippen LogP contribution in [0.2, 0.25) is 0 Å². The fourth-order valence-corrected chi connectivity index (χ4v) is 2.40. The maximum absolute atomic E-state index is 11.8. The number of carbonyl (C=O) groups excluding carboxylic acids is 2. The van der Waals surface area contributed by atoms with Gasteiger partial charge in [0.05, 0.1) is 23.1 Å². The maximum Gasteiger partial charge on any atom is 0.197 e. The largest absolute Gasteiger partial charge is 0.326 e. The summed E-state index contributed by atoms with van der Waals surface area (Å²) in [5.74, 6) is -0.867. The highest BCUT2D eigenvalue weighted by Crippen LogP contribution is 2.19. The number of carbonyl (C=O) groups is 2. The first-order valence-electron chi connectivity index (χ1n) is 7.05. The number of halogens is 2. The summed E-state index contributed by atoms with van der Waals surface area (Å²) in [5.41, 5.74) is 1.71. The molecule has 0 heterocycles. The summed E-state index contributed by atoms with van der Waals surface area (Å²) in [5, 5.41) is 13.7. The van der Waals surface area contributed by atoms with Gasteiger partial charge >= 0.3 is 0 Å². The average molecular weight is 364 g/mol. The zero-order valence-corrected chi connectivity index (χ0v) is 14.1. The molecule has 0 aliphatic rings. The molecule has 0 saturated heterocycles. The Bertz CT molecular complexity index is 714. The molecule has 0 bridgehead atoms. The van der Waals surface area contributed by atoms with E-state index in [0.717, 1.165) is 0 Å². The van der Waals surface area contributed by atoms with Crippen molar-refractivity contribution in [2.24, 2.45) is 0 Å². The number of rotatable bonds is 6. The number of anilines is 2. The molecule has 0 unspecified atom stereocenters. The Morgan fingerprint density at radius 1 is 0.792 bits per heavy atom. The van der Waals surface area contributed by atoms with Crippen LogP contribution in [0, 0.1) is 5.41 Å². The molecule has 5 nitrogen and oxygen atoms in total. The third-order valence-corrected chi connectivity index (χ3v) is 3.70. The number of guanidine groups is 1. The van der Waals surface area contributed by atoms with Gasteiger partial charge in [-0.05, 0) is 24.3 Å². The SMILES string of the molecule is N=C(Nc1ccccc1C(=O)CCl)Nc1ccccc1C(=O)CCl. The van der Waals surface area contributed by atoms with Gasteiger partial charge in [0, 0.05) is 11.1 Å². The van der Waals surface area contributed by atoms with E-state index in [4.69, 9.17) is 28.6 Å². The Balaban J connectivity index is 2.19. The number of hydrogen-bond donors (Lipinski definition) is 3. The Labute approximate surface area is 149 Å². The quantitative estimate of drug-likeness (QED) is 0.313. The van der Waals surface area contributed by atoms with Crippen molar-refractivity contribution in [3.63, 3.8) is 0 Å². The molecule has 7 heteroatoms. The van der Waals surface area contributed by atoms with Crippen LogP contribution in [-0.4, -0.2) is 29.3 Å². The van der Waals surface area contributed by atoms with Crippen LogP contribution in [0.15, 0.2) is 48.5 Å². The number of nitrogens with one attached hydrogen (secondary N) is 3. The number of hydrogen-bond acceptors (Lipinski definition) is 3. The summed E-state index contributed by atoms with van der Waals surface area (Å²) in [4.78, 5) is 23.7. The summed E-state index contributed by atoms with van der Waals surface area (Å²) in [6, 6.07) is 13.5. The first-order chi connectivity index (χ1) is 11.6. The van der Waals surface area contributed by atoms with Crippen molar-refractivity contribution < 1.29 is 9.59 Å². The van der Waals surface area contributed by atoms with Crippen LogP contribution < -0.4 is 10.6 Å². The summed E-state index contributed by atoms with van der Waals surface area (Å²) in [6.45, 7) is 0. The Morgan fingerprint density at radius 3 is 1.54 bits per heavy atom. The van der Waals surface area contributed by atoms with E-state index in [1.54, 1.807) is 48.5 Å².